The quantitative estimate of drug-likeness (QED) is 0.896. The van der Waals surface area contributed by atoms with Crippen LogP contribution < -0.4 is 5.32 Å². The highest BCUT2D eigenvalue weighted by Crippen LogP contribution is 2.40. The van der Waals surface area contributed by atoms with Gasteiger partial charge >= 0.3 is 0 Å². The molecule has 0 radical (unpaired) electrons. The fraction of sp³-hybridized carbons (Fsp3) is 0.765. The second-order valence-corrected chi connectivity index (χ2v) is 8.17. The number of hydrogen-bond acceptors (Lipinski definition) is 5. The molecule has 0 aromatic carbocycles. The predicted molar refractivity (Wildman–Crippen MR) is 91.3 cm³/mol. The molecule has 1 aromatic heterocycles. The Kier molecular flexibility index (Phi) is 5.34. The molecule has 23 heavy (non-hydrogen) atoms. The van der Waals surface area contributed by atoms with Gasteiger partial charge in [-0.1, -0.05) is 0 Å². The van der Waals surface area contributed by atoms with Crippen LogP contribution in [0.15, 0.2) is 11.6 Å². The number of carbonyl (C=O) groups excluding carboxylic acids is 1. The Morgan fingerprint density at radius 3 is 2.96 bits per heavy atom. The Bertz CT molecular complexity index is 510. The van der Waals surface area contributed by atoms with Crippen LogP contribution in [0, 0.1) is 5.92 Å². The van der Waals surface area contributed by atoms with Crippen LogP contribution in [0.5, 0.6) is 0 Å². The van der Waals surface area contributed by atoms with Gasteiger partial charge in [-0.05, 0) is 39.0 Å². The van der Waals surface area contributed by atoms with Gasteiger partial charge in [-0.25, -0.2) is 4.98 Å². The highest BCUT2D eigenvalue weighted by Gasteiger charge is 2.43. The molecule has 1 N–H and O–H groups in total. The minimum Gasteiger partial charge on any atom is -0.375 e. The zero-order valence-electron chi connectivity index (χ0n) is 14.1. The molecular formula is C17H27N3O2S. The molecule has 0 bridgehead atoms. The number of hydrogen-bond donors (Lipinski definition) is 1. The number of nitrogens with zero attached hydrogens (tertiary/aromatic N) is 2. The summed E-state index contributed by atoms with van der Waals surface area (Å²) in [5, 5.41) is 6.21. The van der Waals surface area contributed by atoms with Crippen molar-refractivity contribution in [2.45, 2.75) is 57.7 Å². The molecule has 128 valence electrons. The van der Waals surface area contributed by atoms with Gasteiger partial charge in [0, 0.05) is 37.1 Å². The third-order valence-electron chi connectivity index (χ3n) is 4.82. The van der Waals surface area contributed by atoms with Gasteiger partial charge in [-0.2, -0.15) is 0 Å². The summed E-state index contributed by atoms with van der Waals surface area (Å²) < 4.78 is 6.16. The molecule has 1 amide bonds. The maximum atomic E-state index is 11.9. The Morgan fingerprint density at radius 1 is 1.52 bits per heavy atom. The SMILES string of the molecule is CC(C)NC(=O)CC1COC2(CCN(Cc3nccs3)CC2)C1. The van der Waals surface area contributed by atoms with E-state index >= 15 is 0 Å². The molecule has 2 fully saturated rings. The molecule has 1 spiro atoms. The highest BCUT2D eigenvalue weighted by molar-refractivity contribution is 7.09. The Morgan fingerprint density at radius 2 is 2.30 bits per heavy atom. The van der Waals surface area contributed by atoms with E-state index in [-0.39, 0.29) is 17.6 Å². The number of likely N-dealkylation sites (tertiary alicyclic amines) is 1. The van der Waals surface area contributed by atoms with E-state index in [0.29, 0.717) is 12.3 Å². The minimum absolute atomic E-state index is 0.0160. The third-order valence-corrected chi connectivity index (χ3v) is 5.58. The molecule has 0 aliphatic carbocycles. The minimum atomic E-state index is 0.0160. The van der Waals surface area contributed by atoms with Crippen molar-refractivity contribution in [1.29, 1.82) is 0 Å². The van der Waals surface area contributed by atoms with Gasteiger partial charge in [-0.15, -0.1) is 11.3 Å². The predicted octanol–water partition coefficient (Wildman–Crippen LogP) is 2.43. The average Bonchev–Trinajstić information content (AvgIpc) is 3.12. The lowest BCUT2D eigenvalue weighted by atomic mass is 9.84. The molecule has 6 heteroatoms. The molecular weight excluding hydrogens is 310 g/mol. The Labute approximate surface area is 142 Å². The second kappa shape index (κ2) is 7.28. The molecule has 3 heterocycles. The van der Waals surface area contributed by atoms with Crippen LogP contribution in [-0.4, -0.2) is 47.1 Å². The lowest BCUT2D eigenvalue weighted by Gasteiger charge is -2.38. The second-order valence-electron chi connectivity index (χ2n) is 7.19. The van der Waals surface area contributed by atoms with Crippen LogP contribution >= 0.6 is 11.3 Å². The first kappa shape index (κ1) is 16.9. The van der Waals surface area contributed by atoms with Gasteiger partial charge in [0.2, 0.25) is 5.91 Å². The standard InChI is InChI=1S/C17H27N3O2S/c1-13(2)19-15(21)9-14-10-17(22-12-14)3-6-20(7-4-17)11-16-18-5-8-23-16/h5,8,13-14H,3-4,6-7,9-12H2,1-2H3,(H,19,21). The molecule has 1 aromatic rings. The van der Waals surface area contributed by atoms with Crippen molar-refractivity contribution >= 4 is 17.2 Å². The first-order chi connectivity index (χ1) is 11.0. The average molecular weight is 337 g/mol. The monoisotopic (exact) mass is 337 g/mol. The molecule has 0 saturated carbocycles. The first-order valence-electron chi connectivity index (χ1n) is 8.59. The van der Waals surface area contributed by atoms with Crippen molar-refractivity contribution in [3.05, 3.63) is 16.6 Å². The van der Waals surface area contributed by atoms with E-state index < -0.39 is 0 Å². The van der Waals surface area contributed by atoms with Crippen LogP contribution in [-0.2, 0) is 16.1 Å². The largest absolute Gasteiger partial charge is 0.375 e. The van der Waals surface area contributed by atoms with Crippen molar-refractivity contribution in [1.82, 2.24) is 15.2 Å². The topological polar surface area (TPSA) is 54.5 Å². The normalized spacial score (nSPS) is 24.4. The number of amides is 1. The lowest BCUT2D eigenvalue weighted by Crippen LogP contribution is -2.43. The lowest BCUT2D eigenvalue weighted by molar-refractivity contribution is -0.122. The van der Waals surface area contributed by atoms with Gasteiger partial charge in [-0.3, -0.25) is 9.69 Å². The van der Waals surface area contributed by atoms with Crippen LogP contribution in [0.2, 0.25) is 0 Å². The molecule has 2 aliphatic rings. The van der Waals surface area contributed by atoms with E-state index in [1.165, 1.54) is 5.01 Å². The van der Waals surface area contributed by atoms with Crippen molar-refractivity contribution in [2.75, 3.05) is 19.7 Å². The Balaban J connectivity index is 1.44. The maximum absolute atomic E-state index is 11.9. The van der Waals surface area contributed by atoms with Crippen molar-refractivity contribution in [2.24, 2.45) is 5.92 Å². The summed E-state index contributed by atoms with van der Waals surface area (Å²) in [7, 11) is 0. The van der Waals surface area contributed by atoms with Crippen molar-refractivity contribution in [3.63, 3.8) is 0 Å². The molecule has 2 saturated heterocycles. The van der Waals surface area contributed by atoms with Gasteiger partial charge < -0.3 is 10.1 Å². The van der Waals surface area contributed by atoms with E-state index in [1.54, 1.807) is 11.3 Å². The zero-order chi connectivity index (χ0) is 16.3. The van der Waals surface area contributed by atoms with E-state index in [9.17, 15) is 4.79 Å². The molecule has 5 nitrogen and oxygen atoms in total. The molecule has 2 aliphatic heterocycles. The van der Waals surface area contributed by atoms with E-state index in [1.807, 2.05) is 25.4 Å². The summed E-state index contributed by atoms with van der Waals surface area (Å²) >= 11 is 1.72. The number of carbonyl (C=O) groups is 1. The number of piperidine rings is 1. The van der Waals surface area contributed by atoms with Crippen LogP contribution in [0.1, 0.15) is 44.5 Å². The number of ether oxygens (including phenoxy) is 1. The maximum Gasteiger partial charge on any atom is 0.220 e. The first-order valence-corrected chi connectivity index (χ1v) is 9.47. The van der Waals surface area contributed by atoms with Crippen molar-refractivity contribution in [3.8, 4) is 0 Å². The smallest absolute Gasteiger partial charge is 0.220 e. The summed E-state index contributed by atoms with van der Waals surface area (Å²) in [6, 6.07) is 0.216. The summed E-state index contributed by atoms with van der Waals surface area (Å²) in [6.45, 7) is 7.81. The van der Waals surface area contributed by atoms with Gasteiger partial charge in [0.15, 0.2) is 0 Å². The summed E-state index contributed by atoms with van der Waals surface area (Å²) in [5.74, 6) is 0.533. The Hall–Kier alpha value is -0.980. The number of thiazole rings is 1. The fourth-order valence-electron chi connectivity index (χ4n) is 3.70. The van der Waals surface area contributed by atoms with E-state index in [2.05, 4.69) is 15.2 Å². The molecule has 1 atom stereocenters. The molecule has 3 rings (SSSR count). The zero-order valence-corrected chi connectivity index (χ0v) is 14.9. The van der Waals surface area contributed by atoms with Crippen LogP contribution in [0.3, 0.4) is 0 Å². The summed E-state index contributed by atoms with van der Waals surface area (Å²) in [6.07, 6.45) is 5.64. The van der Waals surface area contributed by atoms with Crippen LogP contribution in [0.4, 0.5) is 0 Å². The number of rotatable bonds is 5. The summed E-state index contributed by atoms with van der Waals surface area (Å²) in [5.41, 5.74) is 0.0160. The third kappa shape index (κ3) is 4.52. The van der Waals surface area contributed by atoms with E-state index in [4.69, 9.17) is 4.74 Å². The van der Waals surface area contributed by atoms with Gasteiger partial charge in [0.25, 0.3) is 0 Å². The van der Waals surface area contributed by atoms with E-state index in [0.717, 1.165) is 45.5 Å². The highest BCUT2D eigenvalue weighted by atomic mass is 32.1. The van der Waals surface area contributed by atoms with Crippen molar-refractivity contribution < 1.29 is 9.53 Å². The molecule has 1 unspecified atom stereocenters. The van der Waals surface area contributed by atoms with Crippen LogP contribution in [0.25, 0.3) is 0 Å². The van der Waals surface area contributed by atoms with Gasteiger partial charge in [0.05, 0.1) is 18.8 Å². The fourth-order valence-corrected chi connectivity index (χ4v) is 4.36. The number of aromatic nitrogens is 1. The summed E-state index contributed by atoms with van der Waals surface area (Å²) in [4.78, 5) is 18.8. The van der Waals surface area contributed by atoms with Gasteiger partial charge in [0.1, 0.15) is 5.01 Å². The number of nitrogens with one attached hydrogen (secondary N) is 1.